The molecule has 0 aliphatic heterocycles. The lowest BCUT2D eigenvalue weighted by molar-refractivity contribution is 0.576. The molecule has 0 saturated heterocycles. The Labute approximate surface area is 96.8 Å². The van der Waals surface area contributed by atoms with Crippen molar-refractivity contribution in [2.75, 3.05) is 5.75 Å². The van der Waals surface area contributed by atoms with E-state index in [1.807, 2.05) is 16.8 Å². The molecule has 0 aromatic carbocycles. The van der Waals surface area contributed by atoms with Gasteiger partial charge in [0, 0.05) is 10.9 Å². The minimum atomic E-state index is -3.45. The number of rotatable bonds is 4. The smallest absolute Gasteiger partial charge is 0.210 e. The summed E-state index contributed by atoms with van der Waals surface area (Å²) >= 11 is 1.57. The van der Waals surface area contributed by atoms with Crippen LogP contribution in [0.4, 0.5) is 0 Å². The largest absolute Gasteiger partial charge is 0.251 e. The molecule has 0 aliphatic rings. The molecule has 0 bridgehead atoms. The van der Waals surface area contributed by atoms with Crippen LogP contribution in [0.1, 0.15) is 0 Å². The molecule has 6 nitrogen and oxygen atoms in total. The minimum Gasteiger partial charge on any atom is -0.251 e. The lowest BCUT2D eigenvalue weighted by atomic mass is 10.3. The average Bonchev–Trinajstić information content (AvgIpc) is 2.84. The molecule has 2 rings (SSSR count). The Morgan fingerprint density at radius 1 is 1.50 bits per heavy atom. The fourth-order valence-electron chi connectivity index (χ4n) is 1.17. The molecule has 86 valence electrons. The van der Waals surface area contributed by atoms with Crippen molar-refractivity contribution < 1.29 is 8.42 Å². The molecule has 0 atom stereocenters. The SMILES string of the molecule is NS(=O)(=O)CCn1cc(-c2ccsc2)nn1. The first kappa shape index (κ1) is 11.2. The zero-order valence-electron chi connectivity index (χ0n) is 8.28. The Hall–Kier alpha value is -1.25. The first-order chi connectivity index (χ1) is 7.54. The van der Waals surface area contributed by atoms with Crippen molar-refractivity contribution >= 4 is 21.4 Å². The van der Waals surface area contributed by atoms with Crippen LogP contribution in [0.3, 0.4) is 0 Å². The Morgan fingerprint density at radius 2 is 2.31 bits per heavy atom. The van der Waals surface area contributed by atoms with Gasteiger partial charge in [-0.25, -0.2) is 13.6 Å². The van der Waals surface area contributed by atoms with Gasteiger partial charge in [-0.2, -0.15) is 11.3 Å². The van der Waals surface area contributed by atoms with Crippen LogP contribution in [0.2, 0.25) is 0 Å². The third kappa shape index (κ3) is 2.87. The molecule has 0 unspecified atom stereocenters. The van der Waals surface area contributed by atoms with Gasteiger partial charge in [-0.05, 0) is 11.4 Å². The Kier molecular flexibility index (Phi) is 3.03. The van der Waals surface area contributed by atoms with E-state index >= 15 is 0 Å². The Morgan fingerprint density at radius 3 is 2.94 bits per heavy atom. The second-order valence-electron chi connectivity index (χ2n) is 3.25. The summed E-state index contributed by atoms with van der Waals surface area (Å²) in [6, 6.07) is 1.93. The quantitative estimate of drug-likeness (QED) is 0.853. The van der Waals surface area contributed by atoms with Crippen molar-refractivity contribution in [2.24, 2.45) is 5.14 Å². The van der Waals surface area contributed by atoms with Crippen molar-refractivity contribution in [3.8, 4) is 11.3 Å². The van der Waals surface area contributed by atoms with Gasteiger partial charge in [0.1, 0.15) is 5.69 Å². The summed E-state index contributed by atoms with van der Waals surface area (Å²) in [5.74, 6) is -0.139. The molecule has 2 aromatic rings. The number of hydrogen-bond donors (Lipinski definition) is 1. The summed E-state index contributed by atoms with van der Waals surface area (Å²) in [5, 5.41) is 16.6. The number of thiophene rings is 1. The summed E-state index contributed by atoms with van der Waals surface area (Å²) in [6.07, 6.45) is 1.70. The van der Waals surface area contributed by atoms with Crippen molar-refractivity contribution in [3.05, 3.63) is 23.0 Å². The number of primary sulfonamides is 1. The third-order valence-electron chi connectivity index (χ3n) is 1.96. The van der Waals surface area contributed by atoms with Crippen LogP contribution in [0.15, 0.2) is 23.0 Å². The van der Waals surface area contributed by atoms with E-state index in [0.717, 1.165) is 11.3 Å². The number of sulfonamides is 1. The maximum atomic E-state index is 10.8. The molecule has 16 heavy (non-hydrogen) atoms. The van der Waals surface area contributed by atoms with Crippen LogP contribution in [0, 0.1) is 0 Å². The molecule has 2 aromatic heterocycles. The van der Waals surface area contributed by atoms with Crippen molar-refractivity contribution in [1.82, 2.24) is 15.0 Å². The van der Waals surface area contributed by atoms with E-state index in [1.165, 1.54) is 4.68 Å². The van der Waals surface area contributed by atoms with E-state index in [2.05, 4.69) is 10.3 Å². The number of hydrogen-bond acceptors (Lipinski definition) is 5. The zero-order chi connectivity index (χ0) is 11.6. The molecule has 0 fully saturated rings. The first-order valence-electron chi connectivity index (χ1n) is 4.48. The molecule has 0 aliphatic carbocycles. The van der Waals surface area contributed by atoms with Crippen LogP contribution in [-0.2, 0) is 16.6 Å². The van der Waals surface area contributed by atoms with Gasteiger partial charge < -0.3 is 0 Å². The molecule has 0 radical (unpaired) electrons. The lowest BCUT2D eigenvalue weighted by Crippen LogP contribution is -2.20. The van der Waals surface area contributed by atoms with E-state index in [9.17, 15) is 8.42 Å². The maximum absolute atomic E-state index is 10.8. The molecule has 0 amide bonds. The number of nitrogens with two attached hydrogens (primary N) is 1. The van der Waals surface area contributed by atoms with Crippen molar-refractivity contribution in [3.63, 3.8) is 0 Å². The van der Waals surface area contributed by atoms with E-state index in [4.69, 9.17) is 5.14 Å². The second-order valence-corrected chi connectivity index (χ2v) is 5.76. The highest BCUT2D eigenvalue weighted by molar-refractivity contribution is 7.89. The number of aromatic nitrogens is 3. The minimum absolute atomic E-state index is 0.139. The predicted molar refractivity (Wildman–Crippen MR) is 61.3 cm³/mol. The van der Waals surface area contributed by atoms with Crippen LogP contribution < -0.4 is 5.14 Å². The van der Waals surface area contributed by atoms with Crippen molar-refractivity contribution in [2.45, 2.75) is 6.54 Å². The van der Waals surface area contributed by atoms with Gasteiger partial charge in [-0.1, -0.05) is 5.21 Å². The summed E-state index contributed by atoms with van der Waals surface area (Å²) in [6.45, 7) is 0.218. The molecular weight excluding hydrogens is 248 g/mol. The summed E-state index contributed by atoms with van der Waals surface area (Å²) in [7, 11) is -3.45. The predicted octanol–water partition coefficient (Wildman–Crippen LogP) is 0.295. The zero-order valence-corrected chi connectivity index (χ0v) is 9.91. The highest BCUT2D eigenvalue weighted by Crippen LogP contribution is 2.18. The average molecular weight is 258 g/mol. The van der Waals surface area contributed by atoms with E-state index < -0.39 is 10.0 Å². The van der Waals surface area contributed by atoms with Gasteiger partial charge in [-0.15, -0.1) is 5.10 Å². The number of aryl methyl sites for hydroxylation is 1. The molecule has 0 saturated carbocycles. The van der Waals surface area contributed by atoms with Gasteiger partial charge in [0.15, 0.2) is 0 Å². The Balaban J connectivity index is 2.09. The van der Waals surface area contributed by atoms with E-state index in [1.54, 1.807) is 17.5 Å². The van der Waals surface area contributed by atoms with E-state index in [-0.39, 0.29) is 12.3 Å². The highest BCUT2D eigenvalue weighted by atomic mass is 32.2. The number of nitrogens with zero attached hydrogens (tertiary/aromatic N) is 3. The fourth-order valence-corrected chi connectivity index (χ4v) is 2.26. The van der Waals surface area contributed by atoms with Gasteiger partial charge in [0.25, 0.3) is 0 Å². The van der Waals surface area contributed by atoms with Crippen molar-refractivity contribution in [1.29, 1.82) is 0 Å². The fraction of sp³-hybridized carbons (Fsp3) is 0.250. The summed E-state index contributed by atoms with van der Waals surface area (Å²) in [4.78, 5) is 0. The third-order valence-corrected chi connectivity index (χ3v) is 3.40. The standard InChI is InChI=1S/C8H10N4O2S2/c9-16(13,14)4-2-12-5-8(10-11-12)7-1-3-15-6-7/h1,3,5-6H,2,4H2,(H2,9,13,14). The highest BCUT2D eigenvalue weighted by Gasteiger charge is 2.07. The molecule has 0 spiro atoms. The van der Waals surface area contributed by atoms with E-state index in [0.29, 0.717) is 0 Å². The molecular formula is C8H10N4O2S2. The van der Waals surface area contributed by atoms with Crippen LogP contribution in [-0.4, -0.2) is 29.2 Å². The topological polar surface area (TPSA) is 90.9 Å². The van der Waals surface area contributed by atoms with Gasteiger partial charge in [-0.3, -0.25) is 4.68 Å². The lowest BCUT2D eigenvalue weighted by Gasteiger charge is -1.96. The molecule has 2 N–H and O–H groups in total. The first-order valence-corrected chi connectivity index (χ1v) is 7.13. The monoisotopic (exact) mass is 258 g/mol. The van der Waals surface area contributed by atoms with Gasteiger partial charge >= 0.3 is 0 Å². The molecule has 8 heteroatoms. The normalized spacial score (nSPS) is 11.8. The van der Waals surface area contributed by atoms with Gasteiger partial charge in [0.05, 0.1) is 18.5 Å². The van der Waals surface area contributed by atoms with Crippen LogP contribution >= 0.6 is 11.3 Å². The molecule has 2 heterocycles. The van der Waals surface area contributed by atoms with Crippen LogP contribution in [0.25, 0.3) is 11.3 Å². The Bertz CT molecular complexity index is 559. The van der Waals surface area contributed by atoms with Crippen LogP contribution in [0.5, 0.6) is 0 Å². The van der Waals surface area contributed by atoms with Gasteiger partial charge in [0.2, 0.25) is 10.0 Å². The maximum Gasteiger partial charge on any atom is 0.210 e. The summed E-state index contributed by atoms with van der Waals surface area (Å²) < 4.78 is 23.0. The second kappa shape index (κ2) is 4.32. The summed E-state index contributed by atoms with van der Waals surface area (Å²) in [5.41, 5.74) is 1.71.